The molecule has 1 saturated carbocycles. The lowest BCUT2D eigenvalue weighted by Gasteiger charge is -2.16. The highest BCUT2D eigenvalue weighted by atomic mass is 16.4. The minimum atomic E-state index is -1.54. The number of ketones is 1. The molecule has 0 radical (unpaired) electrons. The van der Waals surface area contributed by atoms with Crippen molar-refractivity contribution in [2.24, 2.45) is 11.8 Å². The number of carbonyl (C=O) groups excluding carboxylic acids is 2. The van der Waals surface area contributed by atoms with Crippen molar-refractivity contribution < 1.29 is 14.7 Å². The van der Waals surface area contributed by atoms with Gasteiger partial charge in [0.05, 0.1) is 0 Å². The number of allylic oxidation sites excluding steroid dienone is 2. The Morgan fingerprint density at radius 1 is 1.04 bits per heavy atom. The van der Waals surface area contributed by atoms with E-state index >= 15 is 0 Å². The van der Waals surface area contributed by atoms with E-state index in [1.54, 1.807) is 0 Å². The first-order valence-corrected chi connectivity index (χ1v) is 9.56. The molecule has 1 aliphatic rings. The molecule has 1 aliphatic carbocycles. The quantitative estimate of drug-likeness (QED) is 0.290. The van der Waals surface area contributed by atoms with Gasteiger partial charge in [-0.15, -0.1) is 0 Å². The average molecular weight is 321 g/mol. The second kappa shape index (κ2) is 12.3. The maximum absolute atomic E-state index is 11.0. The second-order valence-corrected chi connectivity index (χ2v) is 6.94. The summed E-state index contributed by atoms with van der Waals surface area (Å²) in [5.74, 6) is -0.760. The Morgan fingerprint density at radius 3 is 2.57 bits per heavy atom. The minimum absolute atomic E-state index is 0.133. The van der Waals surface area contributed by atoms with Crippen molar-refractivity contribution in [3.63, 3.8) is 0 Å². The molecule has 0 aromatic heterocycles. The predicted molar refractivity (Wildman–Crippen MR) is 91.8 cm³/mol. The van der Waals surface area contributed by atoms with E-state index in [9.17, 15) is 14.7 Å². The first-order valence-electron chi connectivity index (χ1n) is 9.56. The number of hydrogen-bond acceptors (Lipinski definition) is 3. The van der Waals surface area contributed by atoms with Crippen molar-refractivity contribution in [3.8, 4) is 0 Å². The lowest BCUT2D eigenvalue weighted by Crippen LogP contribution is -2.31. The Labute approximate surface area is 141 Å². The van der Waals surface area contributed by atoms with Gasteiger partial charge >= 0.3 is 0 Å². The molecule has 0 amide bonds. The Hall–Kier alpha value is -1.12. The van der Waals surface area contributed by atoms with Crippen LogP contribution in [0.1, 0.15) is 90.4 Å². The molecule has 0 unspecified atom stereocenters. The zero-order chi connectivity index (χ0) is 16.9. The highest BCUT2D eigenvalue weighted by molar-refractivity contribution is 6.31. The fourth-order valence-corrected chi connectivity index (χ4v) is 3.61. The van der Waals surface area contributed by atoms with Crippen LogP contribution in [0.25, 0.3) is 0 Å². The van der Waals surface area contributed by atoms with E-state index < -0.39 is 11.8 Å². The summed E-state index contributed by atoms with van der Waals surface area (Å²) >= 11 is 0. The predicted octanol–water partition coefficient (Wildman–Crippen LogP) is 4.20. The lowest BCUT2D eigenvalue weighted by atomic mass is 9.90. The lowest BCUT2D eigenvalue weighted by molar-refractivity contribution is -0.300. The number of hydrogen-bond donors (Lipinski definition) is 0. The summed E-state index contributed by atoms with van der Waals surface area (Å²) in [4.78, 5) is 21.3. The summed E-state index contributed by atoms with van der Waals surface area (Å²) < 4.78 is 0. The summed E-state index contributed by atoms with van der Waals surface area (Å²) in [5.41, 5.74) is 0. The molecule has 1 fully saturated rings. The molecule has 0 aromatic rings. The van der Waals surface area contributed by atoms with E-state index in [1.807, 2.05) is 0 Å². The van der Waals surface area contributed by atoms with Crippen molar-refractivity contribution >= 4 is 11.8 Å². The van der Waals surface area contributed by atoms with Crippen LogP contribution in [0.5, 0.6) is 0 Å². The third-order valence-corrected chi connectivity index (χ3v) is 5.03. The minimum Gasteiger partial charge on any atom is -0.542 e. The Morgan fingerprint density at radius 2 is 1.83 bits per heavy atom. The van der Waals surface area contributed by atoms with Crippen LogP contribution in [-0.4, -0.2) is 11.8 Å². The van der Waals surface area contributed by atoms with E-state index in [1.165, 1.54) is 57.8 Å². The van der Waals surface area contributed by atoms with E-state index in [0.717, 1.165) is 24.7 Å². The SMILES string of the molecule is CCCCCC/C=C/[C@H]1CCC[C@@H]1CCCCCC(=O)C(=O)[O-]. The van der Waals surface area contributed by atoms with Gasteiger partial charge in [0, 0.05) is 6.42 Å². The van der Waals surface area contributed by atoms with Crippen LogP contribution in [0, 0.1) is 11.8 Å². The second-order valence-electron chi connectivity index (χ2n) is 6.94. The Balaban J connectivity index is 2.11. The van der Waals surface area contributed by atoms with Crippen LogP contribution in [0.15, 0.2) is 12.2 Å². The van der Waals surface area contributed by atoms with Gasteiger partial charge in [0.2, 0.25) is 0 Å². The first kappa shape index (κ1) is 19.9. The molecule has 3 nitrogen and oxygen atoms in total. The average Bonchev–Trinajstić information content (AvgIpc) is 2.97. The van der Waals surface area contributed by atoms with E-state index in [-0.39, 0.29) is 6.42 Å². The van der Waals surface area contributed by atoms with Crippen LogP contribution in [0.3, 0.4) is 0 Å². The maximum atomic E-state index is 11.0. The van der Waals surface area contributed by atoms with Crippen molar-refractivity contribution in [2.75, 3.05) is 0 Å². The molecule has 132 valence electrons. The molecule has 2 atom stereocenters. The van der Waals surface area contributed by atoms with Gasteiger partial charge in [0.15, 0.2) is 5.78 Å². The smallest absolute Gasteiger partial charge is 0.178 e. The van der Waals surface area contributed by atoms with Gasteiger partial charge in [-0.1, -0.05) is 57.6 Å². The van der Waals surface area contributed by atoms with Crippen molar-refractivity contribution in [2.45, 2.75) is 90.4 Å². The van der Waals surface area contributed by atoms with Crippen LogP contribution in [0.4, 0.5) is 0 Å². The van der Waals surface area contributed by atoms with Gasteiger partial charge in [-0.05, 0) is 50.4 Å². The highest BCUT2D eigenvalue weighted by Gasteiger charge is 2.24. The standard InChI is InChI=1S/C20H34O3/c1-2-3-4-5-6-8-12-17-14-11-15-18(17)13-9-7-10-16-19(21)20(22)23/h8,12,17-18H,2-7,9-11,13-16H2,1H3,(H,22,23)/p-1/b12-8+/t17-,18-/m0/s1. The van der Waals surface area contributed by atoms with Gasteiger partial charge in [-0.25, -0.2) is 0 Å². The van der Waals surface area contributed by atoms with E-state index in [4.69, 9.17) is 0 Å². The number of aliphatic carboxylic acids is 1. The zero-order valence-corrected chi connectivity index (χ0v) is 14.7. The highest BCUT2D eigenvalue weighted by Crippen LogP contribution is 2.36. The maximum Gasteiger partial charge on any atom is 0.178 e. The number of carboxylic acids is 1. The molecule has 23 heavy (non-hydrogen) atoms. The number of unbranched alkanes of at least 4 members (excludes halogenated alkanes) is 6. The Bertz CT molecular complexity index is 373. The van der Waals surface area contributed by atoms with E-state index in [0.29, 0.717) is 6.42 Å². The molecular weight excluding hydrogens is 288 g/mol. The monoisotopic (exact) mass is 321 g/mol. The first-order chi connectivity index (χ1) is 11.1. The molecule has 0 saturated heterocycles. The fourth-order valence-electron chi connectivity index (χ4n) is 3.61. The third-order valence-electron chi connectivity index (χ3n) is 5.03. The summed E-state index contributed by atoms with van der Waals surface area (Å²) in [6, 6.07) is 0. The molecule has 0 aromatic carbocycles. The summed E-state index contributed by atoms with van der Waals surface area (Å²) in [5, 5.41) is 10.3. The van der Waals surface area contributed by atoms with Crippen LogP contribution in [0.2, 0.25) is 0 Å². The largest absolute Gasteiger partial charge is 0.542 e. The van der Waals surface area contributed by atoms with Crippen LogP contribution < -0.4 is 5.11 Å². The molecule has 1 rings (SSSR count). The number of rotatable bonds is 13. The zero-order valence-electron chi connectivity index (χ0n) is 14.7. The van der Waals surface area contributed by atoms with Gasteiger partial charge in [0.25, 0.3) is 0 Å². The molecule has 0 spiro atoms. The van der Waals surface area contributed by atoms with Crippen molar-refractivity contribution in [1.29, 1.82) is 0 Å². The van der Waals surface area contributed by atoms with Gasteiger partial charge in [0.1, 0.15) is 5.97 Å². The van der Waals surface area contributed by atoms with Crippen LogP contribution in [-0.2, 0) is 9.59 Å². The molecule has 0 N–H and O–H groups in total. The normalized spacial score (nSPS) is 21.1. The number of carboxylic acid groups (broad SMARTS) is 1. The van der Waals surface area contributed by atoms with Crippen molar-refractivity contribution in [1.82, 2.24) is 0 Å². The van der Waals surface area contributed by atoms with E-state index in [2.05, 4.69) is 19.1 Å². The van der Waals surface area contributed by atoms with Gasteiger partial charge in [-0.2, -0.15) is 0 Å². The Kier molecular flexibility index (Phi) is 10.7. The molecule has 3 heteroatoms. The molecular formula is C20H33O3-. The van der Waals surface area contributed by atoms with Gasteiger partial charge < -0.3 is 9.90 Å². The van der Waals surface area contributed by atoms with Gasteiger partial charge in [-0.3, -0.25) is 4.79 Å². The van der Waals surface area contributed by atoms with Crippen LogP contribution >= 0.6 is 0 Å². The summed E-state index contributed by atoms with van der Waals surface area (Å²) in [7, 11) is 0. The molecule has 0 aliphatic heterocycles. The molecule has 0 heterocycles. The number of carbonyl (C=O) groups is 2. The fraction of sp³-hybridized carbons (Fsp3) is 0.800. The summed E-state index contributed by atoms with van der Waals surface area (Å²) in [6.45, 7) is 2.24. The van der Waals surface area contributed by atoms with Crippen molar-refractivity contribution in [3.05, 3.63) is 12.2 Å². The third kappa shape index (κ3) is 8.92. The summed E-state index contributed by atoms with van der Waals surface area (Å²) in [6.07, 6.45) is 19.4. The molecule has 0 bridgehead atoms. The number of Topliss-reactive ketones (excluding diaryl/α,β-unsaturated/α-hetero) is 1. The topological polar surface area (TPSA) is 57.2 Å².